The van der Waals surface area contributed by atoms with Crippen LogP contribution in [0.15, 0.2) is 48.5 Å². The van der Waals surface area contributed by atoms with Crippen molar-refractivity contribution < 1.29 is 19.1 Å². The van der Waals surface area contributed by atoms with Gasteiger partial charge in [-0.1, -0.05) is 57.2 Å². The van der Waals surface area contributed by atoms with Crippen molar-refractivity contribution in [3.05, 3.63) is 65.2 Å². The summed E-state index contributed by atoms with van der Waals surface area (Å²) < 4.78 is 10.7. The van der Waals surface area contributed by atoms with E-state index in [2.05, 4.69) is 28.4 Å². The number of rotatable bonds is 8. The Morgan fingerprint density at radius 1 is 1.00 bits per heavy atom. The molecule has 1 aliphatic heterocycles. The lowest BCUT2D eigenvalue weighted by molar-refractivity contribution is -0.129. The van der Waals surface area contributed by atoms with Crippen molar-refractivity contribution in [2.24, 2.45) is 5.41 Å². The number of morpholine rings is 1. The van der Waals surface area contributed by atoms with Crippen LogP contribution in [0.2, 0.25) is 0 Å². The molecule has 1 N–H and O–H groups in total. The average molecular weight is 425 g/mol. The van der Waals surface area contributed by atoms with Crippen LogP contribution in [0.3, 0.4) is 0 Å². The maximum atomic E-state index is 12.6. The van der Waals surface area contributed by atoms with Gasteiger partial charge in [0.05, 0.1) is 18.8 Å². The van der Waals surface area contributed by atoms with Crippen LogP contribution in [0.1, 0.15) is 42.3 Å². The Morgan fingerprint density at radius 2 is 1.65 bits per heavy atom. The highest BCUT2D eigenvalue weighted by molar-refractivity contribution is 5.97. The van der Waals surface area contributed by atoms with Gasteiger partial charge in [-0.2, -0.15) is 0 Å². The first kappa shape index (κ1) is 23.0. The van der Waals surface area contributed by atoms with Crippen LogP contribution < -0.4 is 5.32 Å². The molecule has 2 aromatic rings. The number of ether oxygens (including phenoxy) is 2. The number of ketones is 1. The van der Waals surface area contributed by atoms with Gasteiger partial charge in [-0.15, -0.1) is 0 Å². The summed E-state index contributed by atoms with van der Waals surface area (Å²) in [7, 11) is 0. The summed E-state index contributed by atoms with van der Waals surface area (Å²) in [6, 6.07) is 15.6. The Morgan fingerprint density at radius 3 is 2.35 bits per heavy atom. The van der Waals surface area contributed by atoms with Crippen molar-refractivity contribution in [1.29, 1.82) is 0 Å². The number of carbonyl (C=O) groups is 2. The first-order valence-electron chi connectivity index (χ1n) is 10.7. The molecule has 166 valence electrons. The summed E-state index contributed by atoms with van der Waals surface area (Å²) in [4.78, 5) is 27.1. The largest absolute Gasteiger partial charge is 0.454 e. The molecule has 0 bridgehead atoms. The Hall–Kier alpha value is -2.70. The summed E-state index contributed by atoms with van der Waals surface area (Å²) in [5.74, 6) is -0.606. The molecule has 0 saturated carbocycles. The second-order valence-electron chi connectivity index (χ2n) is 8.81. The maximum absolute atomic E-state index is 12.6. The quantitative estimate of drug-likeness (QED) is 0.648. The number of para-hydroxylation sites is 1. The summed E-state index contributed by atoms with van der Waals surface area (Å²) in [5, 5.41) is 3.38. The first-order valence-corrected chi connectivity index (χ1v) is 10.7. The number of esters is 1. The van der Waals surface area contributed by atoms with Gasteiger partial charge >= 0.3 is 5.97 Å². The van der Waals surface area contributed by atoms with Crippen molar-refractivity contribution in [2.45, 2.75) is 33.9 Å². The van der Waals surface area contributed by atoms with Crippen LogP contribution in [0.5, 0.6) is 0 Å². The second kappa shape index (κ2) is 10.6. The lowest BCUT2D eigenvalue weighted by Gasteiger charge is -2.27. The van der Waals surface area contributed by atoms with Gasteiger partial charge in [-0.25, -0.2) is 4.79 Å². The molecule has 6 nitrogen and oxygen atoms in total. The van der Waals surface area contributed by atoms with Crippen molar-refractivity contribution in [3.8, 4) is 0 Å². The van der Waals surface area contributed by atoms with E-state index in [0.29, 0.717) is 17.8 Å². The molecule has 0 aromatic heterocycles. The van der Waals surface area contributed by atoms with E-state index in [4.69, 9.17) is 9.47 Å². The van der Waals surface area contributed by atoms with Crippen molar-refractivity contribution >= 4 is 17.4 Å². The molecule has 0 amide bonds. The molecule has 6 heteroatoms. The normalized spacial score (nSPS) is 14.8. The Balaban J connectivity index is 1.65. The zero-order valence-electron chi connectivity index (χ0n) is 18.6. The molecule has 3 rings (SSSR count). The van der Waals surface area contributed by atoms with Crippen LogP contribution in [0.4, 0.5) is 5.69 Å². The number of nitrogens with zero attached hydrogens (tertiary/aromatic N) is 1. The third-order valence-corrected chi connectivity index (χ3v) is 5.40. The van der Waals surface area contributed by atoms with Crippen LogP contribution in [-0.2, 0) is 27.4 Å². The SMILES string of the molecule is CC(C)(C)C(=O)COC(=O)c1ccccc1NCc1ccccc1CN1CCOCC1. The summed E-state index contributed by atoms with van der Waals surface area (Å²) in [6.45, 7) is 10.1. The van der Waals surface area contributed by atoms with Crippen LogP contribution in [-0.4, -0.2) is 49.6 Å². The van der Waals surface area contributed by atoms with E-state index in [9.17, 15) is 9.59 Å². The molecule has 31 heavy (non-hydrogen) atoms. The van der Waals surface area contributed by atoms with Gasteiger partial charge in [-0.3, -0.25) is 9.69 Å². The van der Waals surface area contributed by atoms with Gasteiger partial charge in [0.25, 0.3) is 0 Å². The fourth-order valence-electron chi connectivity index (χ4n) is 3.32. The second-order valence-corrected chi connectivity index (χ2v) is 8.81. The van der Waals surface area contributed by atoms with Crippen LogP contribution in [0, 0.1) is 5.41 Å². The number of carbonyl (C=O) groups excluding carboxylic acids is 2. The third kappa shape index (κ3) is 6.64. The van der Waals surface area contributed by atoms with Gasteiger partial charge in [0.2, 0.25) is 0 Å². The molecule has 1 fully saturated rings. The van der Waals surface area contributed by atoms with E-state index in [1.54, 1.807) is 12.1 Å². The summed E-state index contributed by atoms with van der Waals surface area (Å²) in [6.07, 6.45) is 0. The minimum atomic E-state index is -0.539. The predicted octanol–water partition coefficient (Wildman–Crippen LogP) is 3.90. The molecule has 1 heterocycles. The molecule has 0 radical (unpaired) electrons. The number of anilines is 1. The summed E-state index contributed by atoms with van der Waals surface area (Å²) >= 11 is 0. The number of hydrogen-bond donors (Lipinski definition) is 1. The van der Waals surface area contributed by atoms with Gasteiger partial charge in [0, 0.05) is 37.3 Å². The van der Waals surface area contributed by atoms with Crippen molar-refractivity contribution in [3.63, 3.8) is 0 Å². The molecular weight excluding hydrogens is 392 g/mol. The van der Waals surface area contributed by atoms with E-state index in [0.717, 1.165) is 32.8 Å². The van der Waals surface area contributed by atoms with E-state index in [1.807, 2.05) is 39.0 Å². The van der Waals surface area contributed by atoms with E-state index < -0.39 is 11.4 Å². The van der Waals surface area contributed by atoms with Gasteiger partial charge in [-0.05, 0) is 23.3 Å². The zero-order chi connectivity index (χ0) is 22.3. The molecule has 1 aliphatic rings. The Kier molecular flexibility index (Phi) is 7.82. The standard InChI is InChI=1S/C25H32N2O4/c1-25(2,3)23(28)18-31-24(29)21-10-6-7-11-22(21)26-16-19-8-4-5-9-20(19)17-27-12-14-30-15-13-27/h4-11,26H,12-18H2,1-3H3. The van der Waals surface area contributed by atoms with E-state index >= 15 is 0 Å². The summed E-state index contributed by atoms with van der Waals surface area (Å²) in [5.41, 5.74) is 3.02. The lowest BCUT2D eigenvalue weighted by atomic mass is 9.91. The highest BCUT2D eigenvalue weighted by Gasteiger charge is 2.23. The topological polar surface area (TPSA) is 67.9 Å². The minimum Gasteiger partial charge on any atom is -0.454 e. The molecule has 0 atom stereocenters. The predicted molar refractivity (Wildman–Crippen MR) is 121 cm³/mol. The Labute approximate surface area is 184 Å². The lowest BCUT2D eigenvalue weighted by Crippen LogP contribution is -2.35. The van der Waals surface area contributed by atoms with E-state index in [1.165, 1.54) is 11.1 Å². The van der Waals surface area contributed by atoms with E-state index in [-0.39, 0.29) is 12.4 Å². The number of benzene rings is 2. The molecule has 0 spiro atoms. The molecular formula is C25H32N2O4. The monoisotopic (exact) mass is 424 g/mol. The molecule has 0 unspecified atom stereocenters. The third-order valence-electron chi connectivity index (χ3n) is 5.40. The zero-order valence-corrected chi connectivity index (χ0v) is 18.6. The van der Waals surface area contributed by atoms with Gasteiger partial charge in [0.15, 0.2) is 12.4 Å². The van der Waals surface area contributed by atoms with Crippen molar-refractivity contribution in [1.82, 2.24) is 4.90 Å². The van der Waals surface area contributed by atoms with Gasteiger partial charge in [0.1, 0.15) is 0 Å². The fourth-order valence-corrected chi connectivity index (χ4v) is 3.32. The highest BCUT2D eigenvalue weighted by atomic mass is 16.5. The minimum absolute atomic E-state index is 0.108. The molecule has 1 saturated heterocycles. The first-order chi connectivity index (χ1) is 14.8. The maximum Gasteiger partial charge on any atom is 0.340 e. The van der Waals surface area contributed by atoms with Crippen LogP contribution in [0.25, 0.3) is 0 Å². The number of hydrogen-bond acceptors (Lipinski definition) is 6. The van der Waals surface area contributed by atoms with Crippen molar-refractivity contribution in [2.75, 3.05) is 38.2 Å². The number of Topliss-reactive ketones (excluding diaryl/α,β-unsaturated/α-hetero) is 1. The highest BCUT2D eigenvalue weighted by Crippen LogP contribution is 2.20. The molecule has 0 aliphatic carbocycles. The average Bonchev–Trinajstić information content (AvgIpc) is 2.77. The fraction of sp³-hybridized carbons (Fsp3) is 0.440. The smallest absolute Gasteiger partial charge is 0.340 e. The Bertz CT molecular complexity index is 898. The number of nitrogens with one attached hydrogen (secondary N) is 1. The van der Waals surface area contributed by atoms with Crippen LogP contribution >= 0.6 is 0 Å². The van der Waals surface area contributed by atoms with Gasteiger partial charge < -0.3 is 14.8 Å². The molecule has 2 aromatic carbocycles.